The van der Waals surface area contributed by atoms with Gasteiger partial charge in [0.05, 0.1) is 30.7 Å². The van der Waals surface area contributed by atoms with Gasteiger partial charge in [0.25, 0.3) is 0 Å². The van der Waals surface area contributed by atoms with Gasteiger partial charge in [0.2, 0.25) is 15.9 Å². The Hall–Kier alpha value is -3.07. The van der Waals surface area contributed by atoms with Crippen LogP contribution in [0, 0.1) is 6.92 Å². The fourth-order valence-corrected chi connectivity index (χ4v) is 4.17. The Morgan fingerprint density at radius 3 is 2.26 bits per heavy atom. The quantitative estimate of drug-likeness (QED) is 0.590. The summed E-state index contributed by atoms with van der Waals surface area (Å²) in [5, 5.41) is 2.72. The van der Waals surface area contributed by atoms with Gasteiger partial charge < -0.3 is 14.8 Å². The maximum Gasteiger partial charge on any atom is 0.338 e. The van der Waals surface area contributed by atoms with E-state index in [1.165, 1.54) is 13.0 Å². The van der Waals surface area contributed by atoms with E-state index in [4.69, 9.17) is 9.47 Å². The van der Waals surface area contributed by atoms with E-state index in [9.17, 15) is 18.0 Å². The molecular weight excluding hydrogens is 420 g/mol. The van der Waals surface area contributed by atoms with Gasteiger partial charge in [-0.05, 0) is 69.7 Å². The summed E-state index contributed by atoms with van der Waals surface area (Å²) in [6.45, 7) is 7.54. The lowest BCUT2D eigenvalue weighted by Gasteiger charge is -2.28. The highest BCUT2D eigenvalue weighted by Crippen LogP contribution is 2.25. The molecule has 0 aliphatic rings. The number of rotatable bonds is 9. The average molecular weight is 449 g/mol. The van der Waals surface area contributed by atoms with Crippen molar-refractivity contribution in [2.24, 2.45) is 0 Å². The number of carbonyl (C=O) groups excluding carboxylic acids is 2. The van der Waals surface area contributed by atoms with Gasteiger partial charge >= 0.3 is 5.97 Å². The number of ether oxygens (including phenoxy) is 2. The van der Waals surface area contributed by atoms with Crippen LogP contribution in [-0.2, 0) is 19.6 Å². The molecule has 168 valence electrons. The molecule has 1 unspecified atom stereocenters. The second kappa shape index (κ2) is 10.3. The first-order valence-electron chi connectivity index (χ1n) is 9.89. The second-order valence-corrected chi connectivity index (χ2v) is 8.76. The number of hydrogen-bond donors (Lipinski definition) is 1. The van der Waals surface area contributed by atoms with Crippen LogP contribution < -0.4 is 14.4 Å². The normalized spacial score (nSPS) is 12.0. The summed E-state index contributed by atoms with van der Waals surface area (Å²) in [6.07, 6.45) is 1.04. The van der Waals surface area contributed by atoms with E-state index in [0.717, 1.165) is 16.1 Å². The summed E-state index contributed by atoms with van der Waals surface area (Å²) >= 11 is 0. The number of hydrogen-bond acceptors (Lipinski definition) is 6. The first-order chi connectivity index (χ1) is 14.6. The number of esters is 1. The zero-order valence-electron chi connectivity index (χ0n) is 18.3. The van der Waals surface area contributed by atoms with Crippen molar-refractivity contribution < 1.29 is 27.5 Å². The van der Waals surface area contributed by atoms with Crippen LogP contribution in [0.1, 0.15) is 36.7 Å². The average Bonchev–Trinajstić information content (AvgIpc) is 2.70. The second-order valence-electron chi connectivity index (χ2n) is 6.90. The maximum atomic E-state index is 12.9. The van der Waals surface area contributed by atoms with E-state index in [1.54, 1.807) is 50.2 Å². The van der Waals surface area contributed by atoms with Crippen LogP contribution in [-0.4, -0.2) is 45.8 Å². The monoisotopic (exact) mass is 448 g/mol. The summed E-state index contributed by atoms with van der Waals surface area (Å²) in [5.41, 5.74) is 1.76. The molecule has 2 aromatic rings. The third-order valence-electron chi connectivity index (χ3n) is 4.50. The predicted octanol–water partition coefficient (Wildman–Crippen LogP) is 3.36. The molecule has 1 N–H and O–H groups in total. The number of amides is 1. The maximum absolute atomic E-state index is 12.9. The minimum atomic E-state index is -3.76. The molecule has 2 rings (SSSR count). The lowest BCUT2D eigenvalue weighted by atomic mass is 10.1. The van der Waals surface area contributed by atoms with Gasteiger partial charge in [-0.1, -0.05) is 6.07 Å². The number of carbonyl (C=O) groups is 2. The highest BCUT2D eigenvalue weighted by atomic mass is 32.2. The first kappa shape index (κ1) is 24.2. The lowest BCUT2D eigenvalue weighted by molar-refractivity contribution is -0.116. The summed E-state index contributed by atoms with van der Waals surface area (Å²) < 4.78 is 36.4. The number of nitrogens with one attached hydrogen (secondary N) is 1. The van der Waals surface area contributed by atoms with E-state index in [1.807, 2.05) is 6.92 Å². The number of aryl methyl sites for hydroxylation is 1. The minimum Gasteiger partial charge on any atom is -0.494 e. The molecule has 0 spiro atoms. The Morgan fingerprint density at radius 2 is 1.71 bits per heavy atom. The SMILES string of the molecule is CCOC(=O)c1ccc(C)c(NC(=O)C(C)N(c2ccc(OCC)cc2)S(C)(=O)=O)c1. The molecule has 2 aromatic carbocycles. The molecule has 0 radical (unpaired) electrons. The van der Waals surface area contributed by atoms with Crippen LogP contribution in [0.3, 0.4) is 0 Å². The van der Waals surface area contributed by atoms with Crippen molar-refractivity contribution >= 4 is 33.3 Å². The van der Waals surface area contributed by atoms with Crippen LogP contribution >= 0.6 is 0 Å². The van der Waals surface area contributed by atoms with Crippen molar-refractivity contribution in [2.75, 3.05) is 29.1 Å². The summed E-state index contributed by atoms with van der Waals surface area (Å²) in [5.74, 6) is -0.440. The third kappa shape index (κ3) is 6.21. The molecule has 1 atom stereocenters. The summed E-state index contributed by atoms with van der Waals surface area (Å²) in [7, 11) is -3.76. The van der Waals surface area contributed by atoms with Crippen molar-refractivity contribution in [3.05, 3.63) is 53.6 Å². The number of anilines is 2. The zero-order valence-corrected chi connectivity index (χ0v) is 19.2. The molecule has 0 aliphatic heterocycles. The van der Waals surface area contributed by atoms with Gasteiger partial charge in [-0.25, -0.2) is 13.2 Å². The Labute approximate surface area is 183 Å². The van der Waals surface area contributed by atoms with Crippen LogP contribution in [0.4, 0.5) is 11.4 Å². The van der Waals surface area contributed by atoms with Crippen molar-refractivity contribution in [3.8, 4) is 5.75 Å². The van der Waals surface area contributed by atoms with E-state index < -0.39 is 27.9 Å². The van der Waals surface area contributed by atoms with Crippen molar-refractivity contribution in [1.82, 2.24) is 0 Å². The molecule has 1 amide bonds. The van der Waals surface area contributed by atoms with Crippen LogP contribution in [0.15, 0.2) is 42.5 Å². The van der Waals surface area contributed by atoms with Gasteiger partial charge in [-0.15, -0.1) is 0 Å². The Kier molecular flexibility index (Phi) is 8.04. The standard InChI is InChI=1S/C22H28N2O6S/c1-6-29-19-12-10-18(11-13-19)24(31(5,27)28)16(4)21(25)23-20-14-17(9-8-15(20)3)22(26)30-7-2/h8-14,16H,6-7H2,1-5H3,(H,23,25). The van der Waals surface area contributed by atoms with Crippen molar-refractivity contribution in [1.29, 1.82) is 0 Å². The summed E-state index contributed by atoms with van der Waals surface area (Å²) in [6, 6.07) is 10.2. The molecular formula is C22H28N2O6S. The predicted molar refractivity (Wildman–Crippen MR) is 120 cm³/mol. The van der Waals surface area contributed by atoms with Crippen LogP contribution in [0.2, 0.25) is 0 Å². The number of nitrogens with zero attached hydrogens (tertiary/aromatic N) is 1. The van der Waals surface area contributed by atoms with Crippen molar-refractivity contribution in [3.63, 3.8) is 0 Å². The van der Waals surface area contributed by atoms with Gasteiger partial charge in [-0.3, -0.25) is 9.10 Å². The molecule has 31 heavy (non-hydrogen) atoms. The Morgan fingerprint density at radius 1 is 1.06 bits per heavy atom. The third-order valence-corrected chi connectivity index (χ3v) is 5.74. The van der Waals surface area contributed by atoms with Crippen LogP contribution in [0.5, 0.6) is 5.75 Å². The van der Waals surface area contributed by atoms with E-state index in [-0.39, 0.29) is 6.61 Å². The summed E-state index contributed by atoms with van der Waals surface area (Å²) in [4.78, 5) is 24.9. The zero-order chi connectivity index (χ0) is 23.2. The molecule has 0 saturated carbocycles. The van der Waals surface area contributed by atoms with Gasteiger partial charge in [0.1, 0.15) is 11.8 Å². The topological polar surface area (TPSA) is 102 Å². The molecule has 0 saturated heterocycles. The van der Waals surface area contributed by atoms with Gasteiger partial charge in [0.15, 0.2) is 0 Å². The molecule has 0 aromatic heterocycles. The fraction of sp³-hybridized carbons (Fsp3) is 0.364. The molecule has 0 heterocycles. The van der Waals surface area contributed by atoms with E-state index >= 15 is 0 Å². The van der Waals surface area contributed by atoms with Gasteiger partial charge in [-0.2, -0.15) is 0 Å². The number of benzene rings is 2. The van der Waals surface area contributed by atoms with Gasteiger partial charge in [0, 0.05) is 5.69 Å². The first-order valence-corrected chi connectivity index (χ1v) is 11.7. The Bertz CT molecular complexity index is 1030. The largest absolute Gasteiger partial charge is 0.494 e. The molecule has 0 aliphatic carbocycles. The smallest absolute Gasteiger partial charge is 0.338 e. The molecule has 8 nitrogen and oxygen atoms in total. The fourth-order valence-electron chi connectivity index (χ4n) is 3.00. The molecule has 0 bridgehead atoms. The lowest BCUT2D eigenvalue weighted by Crippen LogP contribution is -2.45. The van der Waals surface area contributed by atoms with E-state index in [0.29, 0.717) is 29.3 Å². The highest BCUT2D eigenvalue weighted by molar-refractivity contribution is 7.92. The highest BCUT2D eigenvalue weighted by Gasteiger charge is 2.29. The van der Waals surface area contributed by atoms with E-state index in [2.05, 4.69) is 5.32 Å². The minimum absolute atomic E-state index is 0.233. The Balaban J connectivity index is 2.30. The van der Waals surface area contributed by atoms with Crippen molar-refractivity contribution in [2.45, 2.75) is 33.7 Å². The van der Waals surface area contributed by atoms with Crippen LogP contribution in [0.25, 0.3) is 0 Å². The molecule has 0 fully saturated rings. The number of sulfonamides is 1. The molecule has 9 heteroatoms.